The molecule has 0 aliphatic carbocycles. The number of hydrogen-bond donors (Lipinski definition) is 2. The molecule has 2 atom stereocenters. The molecule has 9 heteroatoms. The van der Waals surface area contributed by atoms with Gasteiger partial charge < -0.3 is 19.7 Å². The van der Waals surface area contributed by atoms with Crippen molar-refractivity contribution in [2.75, 3.05) is 19.1 Å². The predicted octanol–water partition coefficient (Wildman–Crippen LogP) is 3.49. The Hall–Kier alpha value is -2.68. The summed E-state index contributed by atoms with van der Waals surface area (Å²) in [6.07, 6.45) is -0.0369. The highest BCUT2D eigenvalue weighted by Crippen LogP contribution is 2.33. The smallest absolute Gasteiger partial charge is 0.135 e. The molecule has 0 saturated carbocycles. The number of alkyl halides is 2. The highest BCUT2D eigenvalue weighted by molar-refractivity contribution is 6.18. The lowest BCUT2D eigenvalue weighted by Crippen LogP contribution is -2.24. The summed E-state index contributed by atoms with van der Waals surface area (Å²) in [7, 11) is 0. The van der Waals surface area contributed by atoms with Crippen LogP contribution in [0.4, 0.5) is 4.39 Å². The van der Waals surface area contributed by atoms with Gasteiger partial charge in [-0.05, 0) is 35.4 Å². The minimum absolute atomic E-state index is 0.0768. The molecule has 7 nitrogen and oxygen atoms in total. The summed E-state index contributed by atoms with van der Waals surface area (Å²) in [4.78, 5) is 0. The Labute approximate surface area is 197 Å². The van der Waals surface area contributed by atoms with Crippen LogP contribution in [0.25, 0.3) is 0 Å². The van der Waals surface area contributed by atoms with Crippen molar-refractivity contribution in [2.24, 2.45) is 0 Å². The fraction of sp³-hybridized carbons (Fsp3) is 0.417. The average molecular weight is 478 g/mol. The third-order valence-corrected chi connectivity index (χ3v) is 5.69. The average Bonchev–Trinajstić information content (AvgIpc) is 3.29. The zero-order chi connectivity index (χ0) is 23.8. The Balaban J connectivity index is 1.55. The van der Waals surface area contributed by atoms with Crippen LogP contribution in [0.2, 0.25) is 0 Å². The quantitative estimate of drug-likeness (QED) is 0.388. The van der Waals surface area contributed by atoms with Crippen molar-refractivity contribution in [2.45, 2.75) is 44.7 Å². The van der Waals surface area contributed by atoms with Gasteiger partial charge in [-0.15, -0.1) is 16.7 Å². The molecule has 2 aromatic carbocycles. The molecule has 33 heavy (non-hydrogen) atoms. The van der Waals surface area contributed by atoms with Crippen LogP contribution in [-0.4, -0.2) is 56.5 Å². The fourth-order valence-electron chi connectivity index (χ4n) is 3.29. The second kappa shape index (κ2) is 11.4. The number of aromatic nitrogens is 3. The van der Waals surface area contributed by atoms with E-state index in [0.717, 1.165) is 11.1 Å². The van der Waals surface area contributed by atoms with Crippen LogP contribution in [0.3, 0.4) is 0 Å². The first kappa shape index (κ1) is 25.0. The van der Waals surface area contributed by atoms with Gasteiger partial charge in [0.15, 0.2) is 0 Å². The summed E-state index contributed by atoms with van der Waals surface area (Å²) in [5, 5.41) is 27.1. The number of aliphatic hydroxyl groups is 2. The number of rotatable bonds is 12. The second-order valence-electron chi connectivity index (χ2n) is 8.32. The molecule has 1 aromatic heterocycles. The second-order valence-corrected chi connectivity index (χ2v) is 8.63. The predicted molar refractivity (Wildman–Crippen MR) is 124 cm³/mol. The van der Waals surface area contributed by atoms with E-state index in [0.29, 0.717) is 11.5 Å². The molecular weight excluding hydrogens is 449 g/mol. The van der Waals surface area contributed by atoms with Crippen molar-refractivity contribution in [3.63, 3.8) is 0 Å². The molecule has 0 aliphatic rings. The number of hydrogen-bond acceptors (Lipinski definition) is 6. The summed E-state index contributed by atoms with van der Waals surface area (Å²) < 4.78 is 25.2. The van der Waals surface area contributed by atoms with Crippen molar-refractivity contribution in [3.05, 3.63) is 71.5 Å². The van der Waals surface area contributed by atoms with Crippen molar-refractivity contribution in [1.29, 1.82) is 0 Å². The monoisotopic (exact) mass is 477 g/mol. The van der Waals surface area contributed by atoms with Gasteiger partial charge in [-0.3, -0.25) is 0 Å². The standard InChI is InChI=1S/C24H29ClFN3O4/c1-24(2,17-3-7-22(8-4-17)32-15-20(30)11-25)18-5-9-23(10-6-18)33-16-21(31)14-29-13-19(12-26)27-28-29/h3-10,13,20-21,30-31H,11-12,14-16H2,1-2H3. The SMILES string of the molecule is CC(C)(c1ccc(OCC(O)CCl)cc1)c1ccc(OCC(O)Cn2cc(CF)nn2)cc1. The minimum Gasteiger partial charge on any atom is -0.491 e. The van der Waals surface area contributed by atoms with Crippen molar-refractivity contribution >= 4 is 11.6 Å². The molecule has 0 amide bonds. The van der Waals surface area contributed by atoms with E-state index in [4.69, 9.17) is 21.1 Å². The van der Waals surface area contributed by atoms with Crippen LogP contribution in [0.15, 0.2) is 54.7 Å². The van der Waals surface area contributed by atoms with Crippen LogP contribution < -0.4 is 9.47 Å². The Morgan fingerprint density at radius 2 is 1.45 bits per heavy atom. The molecule has 0 fully saturated rings. The summed E-state index contributed by atoms with van der Waals surface area (Å²) in [5.74, 6) is 1.44. The summed E-state index contributed by atoms with van der Waals surface area (Å²) in [5.41, 5.74) is 2.18. The van der Waals surface area contributed by atoms with E-state index in [9.17, 15) is 14.6 Å². The highest BCUT2D eigenvalue weighted by Gasteiger charge is 2.23. The third kappa shape index (κ3) is 6.90. The lowest BCUT2D eigenvalue weighted by atomic mass is 9.78. The zero-order valence-corrected chi connectivity index (χ0v) is 19.5. The molecule has 0 aliphatic heterocycles. The van der Waals surface area contributed by atoms with E-state index in [1.807, 2.05) is 48.5 Å². The van der Waals surface area contributed by atoms with Crippen LogP contribution >= 0.6 is 11.6 Å². The molecule has 1 heterocycles. The molecule has 0 spiro atoms. The molecule has 0 bridgehead atoms. The van der Waals surface area contributed by atoms with E-state index in [2.05, 4.69) is 24.2 Å². The summed E-state index contributed by atoms with van der Waals surface area (Å²) in [6, 6.07) is 15.5. The normalized spacial score (nSPS) is 13.5. The zero-order valence-electron chi connectivity index (χ0n) is 18.7. The van der Waals surface area contributed by atoms with Gasteiger partial charge in [-0.25, -0.2) is 9.07 Å². The fourth-order valence-corrected chi connectivity index (χ4v) is 3.38. The first-order chi connectivity index (χ1) is 15.8. The molecule has 178 valence electrons. The first-order valence-electron chi connectivity index (χ1n) is 10.7. The number of benzene rings is 2. The largest absolute Gasteiger partial charge is 0.491 e. The summed E-state index contributed by atoms with van der Waals surface area (Å²) in [6.45, 7) is 3.97. The van der Waals surface area contributed by atoms with E-state index in [1.165, 1.54) is 10.9 Å². The van der Waals surface area contributed by atoms with E-state index < -0.39 is 18.9 Å². The molecule has 2 N–H and O–H groups in total. The maximum Gasteiger partial charge on any atom is 0.135 e. The molecule has 3 aromatic rings. The van der Waals surface area contributed by atoms with Gasteiger partial charge in [-0.2, -0.15) is 0 Å². The molecule has 3 rings (SSSR count). The van der Waals surface area contributed by atoms with Crippen LogP contribution in [0.5, 0.6) is 11.5 Å². The highest BCUT2D eigenvalue weighted by atomic mass is 35.5. The summed E-state index contributed by atoms with van der Waals surface area (Å²) >= 11 is 5.59. The third-order valence-electron chi connectivity index (χ3n) is 5.34. The number of ether oxygens (including phenoxy) is 2. The molecular formula is C24H29ClFN3O4. The van der Waals surface area contributed by atoms with Gasteiger partial charge in [0.1, 0.15) is 49.3 Å². The topological polar surface area (TPSA) is 89.6 Å². The lowest BCUT2D eigenvalue weighted by molar-refractivity contribution is 0.0888. The number of aliphatic hydroxyl groups excluding tert-OH is 2. The maximum atomic E-state index is 12.5. The molecule has 0 saturated heterocycles. The van der Waals surface area contributed by atoms with Crippen molar-refractivity contribution < 1.29 is 24.1 Å². The van der Waals surface area contributed by atoms with E-state index >= 15 is 0 Å². The van der Waals surface area contributed by atoms with Gasteiger partial charge in [0.2, 0.25) is 0 Å². The van der Waals surface area contributed by atoms with Crippen molar-refractivity contribution in [3.8, 4) is 11.5 Å². The number of nitrogens with zero attached hydrogens (tertiary/aromatic N) is 3. The van der Waals surface area contributed by atoms with Gasteiger partial charge in [0.05, 0.1) is 18.6 Å². The van der Waals surface area contributed by atoms with Crippen LogP contribution in [0, 0.1) is 0 Å². The lowest BCUT2D eigenvalue weighted by Gasteiger charge is -2.26. The van der Waals surface area contributed by atoms with Gasteiger partial charge in [0.25, 0.3) is 0 Å². The Kier molecular flexibility index (Phi) is 8.66. The Bertz CT molecular complexity index is 996. The molecule has 0 radical (unpaired) electrons. The minimum atomic E-state index is -0.804. The Morgan fingerprint density at radius 1 is 0.939 bits per heavy atom. The van der Waals surface area contributed by atoms with Gasteiger partial charge >= 0.3 is 0 Å². The molecule has 2 unspecified atom stereocenters. The van der Waals surface area contributed by atoms with E-state index in [-0.39, 0.29) is 36.7 Å². The van der Waals surface area contributed by atoms with Gasteiger partial charge in [-0.1, -0.05) is 43.3 Å². The van der Waals surface area contributed by atoms with Crippen LogP contribution in [-0.2, 0) is 18.6 Å². The maximum absolute atomic E-state index is 12.5. The van der Waals surface area contributed by atoms with Crippen molar-refractivity contribution in [1.82, 2.24) is 15.0 Å². The van der Waals surface area contributed by atoms with E-state index in [1.54, 1.807) is 0 Å². The number of halogens is 2. The van der Waals surface area contributed by atoms with Crippen LogP contribution in [0.1, 0.15) is 30.7 Å². The van der Waals surface area contributed by atoms with Gasteiger partial charge in [0, 0.05) is 5.41 Å². The first-order valence-corrected chi connectivity index (χ1v) is 11.2. The Morgan fingerprint density at radius 3 is 1.91 bits per heavy atom.